The Bertz CT molecular complexity index is 351. The Labute approximate surface area is 119 Å². The first-order valence-electron chi connectivity index (χ1n) is 7.72. The Kier molecular flexibility index (Phi) is 6.81. The normalized spacial score (nSPS) is 28.8. The molecule has 4 heteroatoms. The van der Waals surface area contributed by atoms with E-state index in [0.29, 0.717) is 17.6 Å². The second kappa shape index (κ2) is 7.63. The zero-order chi connectivity index (χ0) is 14.5. The van der Waals surface area contributed by atoms with E-state index in [1.165, 1.54) is 25.5 Å². The van der Waals surface area contributed by atoms with Crippen LogP contribution < -0.4 is 5.32 Å². The van der Waals surface area contributed by atoms with Gasteiger partial charge in [0.2, 0.25) is 0 Å². The fourth-order valence-corrected chi connectivity index (χ4v) is 4.02. The standard InChI is InChI=1S/C15H31NO2S/c1-5-16-11-15-7-6-13(12(2)3)10-14(15)8-9-19(4,17)18/h12-16H,5-11H2,1-4H3. The van der Waals surface area contributed by atoms with E-state index in [-0.39, 0.29) is 0 Å². The largest absolute Gasteiger partial charge is 0.317 e. The molecule has 1 saturated carbocycles. The van der Waals surface area contributed by atoms with Crippen LogP contribution in [0.2, 0.25) is 0 Å². The summed E-state index contributed by atoms with van der Waals surface area (Å²) < 4.78 is 22.8. The lowest BCUT2D eigenvalue weighted by molar-refractivity contribution is 0.142. The molecule has 3 nitrogen and oxygen atoms in total. The van der Waals surface area contributed by atoms with Crippen molar-refractivity contribution >= 4 is 9.84 Å². The van der Waals surface area contributed by atoms with Crippen molar-refractivity contribution in [2.75, 3.05) is 25.1 Å². The highest BCUT2D eigenvalue weighted by Gasteiger charge is 2.31. The van der Waals surface area contributed by atoms with Gasteiger partial charge in [-0.05, 0) is 62.4 Å². The second-order valence-corrected chi connectivity index (χ2v) is 8.82. The van der Waals surface area contributed by atoms with E-state index in [1.54, 1.807) is 0 Å². The molecule has 0 heterocycles. The Morgan fingerprint density at radius 2 is 1.89 bits per heavy atom. The van der Waals surface area contributed by atoms with Crippen LogP contribution in [0.15, 0.2) is 0 Å². The maximum absolute atomic E-state index is 11.4. The van der Waals surface area contributed by atoms with Crippen molar-refractivity contribution < 1.29 is 8.42 Å². The highest BCUT2D eigenvalue weighted by molar-refractivity contribution is 7.90. The molecule has 0 bridgehead atoms. The van der Waals surface area contributed by atoms with Gasteiger partial charge in [-0.2, -0.15) is 0 Å². The van der Waals surface area contributed by atoms with Crippen molar-refractivity contribution in [3.05, 3.63) is 0 Å². The third-order valence-corrected chi connectivity index (χ3v) is 5.62. The quantitative estimate of drug-likeness (QED) is 0.784. The first-order valence-corrected chi connectivity index (χ1v) is 9.78. The van der Waals surface area contributed by atoms with Crippen molar-refractivity contribution in [3.63, 3.8) is 0 Å². The van der Waals surface area contributed by atoms with Crippen molar-refractivity contribution in [1.29, 1.82) is 0 Å². The predicted molar refractivity (Wildman–Crippen MR) is 82.0 cm³/mol. The van der Waals surface area contributed by atoms with Gasteiger partial charge in [-0.1, -0.05) is 20.8 Å². The van der Waals surface area contributed by atoms with Crippen LogP contribution in [0.1, 0.15) is 46.5 Å². The molecule has 1 aliphatic rings. The summed E-state index contributed by atoms with van der Waals surface area (Å²) in [7, 11) is -2.83. The number of rotatable bonds is 7. The molecule has 0 aromatic rings. The van der Waals surface area contributed by atoms with Gasteiger partial charge in [0.15, 0.2) is 0 Å². The topological polar surface area (TPSA) is 46.2 Å². The van der Waals surface area contributed by atoms with Gasteiger partial charge < -0.3 is 5.32 Å². The van der Waals surface area contributed by atoms with Gasteiger partial charge in [-0.25, -0.2) is 8.42 Å². The van der Waals surface area contributed by atoms with Gasteiger partial charge in [0.1, 0.15) is 9.84 Å². The molecule has 0 aliphatic heterocycles. The SMILES string of the molecule is CCNCC1CCC(C(C)C)CC1CCS(C)(=O)=O. The summed E-state index contributed by atoms with van der Waals surface area (Å²) >= 11 is 0. The van der Waals surface area contributed by atoms with Gasteiger partial charge in [0, 0.05) is 6.26 Å². The number of hydrogen-bond donors (Lipinski definition) is 1. The van der Waals surface area contributed by atoms with E-state index >= 15 is 0 Å². The average Bonchev–Trinajstić information content (AvgIpc) is 2.33. The first-order chi connectivity index (χ1) is 8.83. The molecule has 1 fully saturated rings. The molecular formula is C15H31NO2S. The van der Waals surface area contributed by atoms with Crippen molar-refractivity contribution in [3.8, 4) is 0 Å². The fourth-order valence-electron chi connectivity index (χ4n) is 3.29. The zero-order valence-electron chi connectivity index (χ0n) is 13.0. The van der Waals surface area contributed by atoms with Gasteiger partial charge >= 0.3 is 0 Å². The summed E-state index contributed by atoms with van der Waals surface area (Å²) in [5.74, 6) is 3.10. The van der Waals surface area contributed by atoms with E-state index in [9.17, 15) is 8.42 Å². The molecule has 19 heavy (non-hydrogen) atoms. The molecule has 0 saturated heterocycles. The Balaban J connectivity index is 2.59. The highest BCUT2D eigenvalue weighted by Crippen LogP contribution is 2.39. The molecule has 3 unspecified atom stereocenters. The summed E-state index contributed by atoms with van der Waals surface area (Å²) in [5, 5.41) is 3.44. The minimum atomic E-state index is -2.83. The van der Waals surface area contributed by atoms with Crippen LogP contribution in [0.5, 0.6) is 0 Å². The molecule has 0 aromatic heterocycles. The Morgan fingerprint density at radius 1 is 1.21 bits per heavy atom. The van der Waals surface area contributed by atoms with Crippen LogP contribution in [0, 0.1) is 23.7 Å². The maximum atomic E-state index is 11.4. The average molecular weight is 289 g/mol. The van der Waals surface area contributed by atoms with E-state index in [0.717, 1.165) is 31.3 Å². The molecule has 0 spiro atoms. The fraction of sp³-hybridized carbons (Fsp3) is 1.00. The molecule has 3 atom stereocenters. The Hall–Kier alpha value is -0.0900. The van der Waals surface area contributed by atoms with Crippen molar-refractivity contribution in [1.82, 2.24) is 5.32 Å². The van der Waals surface area contributed by atoms with Gasteiger partial charge in [-0.3, -0.25) is 0 Å². The second-order valence-electron chi connectivity index (χ2n) is 6.56. The van der Waals surface area contributed by atoms with Crippen LogP contribution in [0.3, 0.4) is 0 Å². The summed E-state index contributed by atoms with van der Waals surface area (Å²) in [6.45, 7) is 8.77. The lowest BCUT2D eigenvalue weighted by atomic mass is 9.69. The lowest BCUT2D eigenvalue weighted by Crippen LogP contribution is -2.35. The van der Waals surface area contributed by atoms with Crippen LogP contribution in [0.4, 0.5) is 0 Å². The van der Waals surface area contributed by atoms with E-state index in [4.69, 9.17) is 0 Å². The van der Waals surface area contributed by atoms with Crippen LogP contribution >= 0.6 is 0 Å². The molecule has 0 aromatic carbocycles. The predicted octanol–water partition coefficient (Wildman–Crippen LogP) is 2.72. The van der Waals surface area contributed by atoms with Crippen molar-refractivity contribution in [2.24, 2.45) is 23.7 Å². The van der Waals surface area contributed by atoms with E-state index in [2.05, 4.69) is 26.1 Å². The smallest absolute Gasteiger partial charge is 0.147 e. The summed E-state index contributed by atoms with van der Waals surface area (Å²) in [6.07, 6.45) is 5.98. The molecule has 1 rings (SSSR count). The minimum absolute atomic E-state index is 0.352. The molecule has 114 valence electrons. The third kappa shape index (κ3) is 6.26. The van der Waals surface area contributed by atoms with Crippen molar-refractivity contribution in [2.45, 2.75) is 46.5 Å². The number of hydrogen-bond acceptors (Lipinski definition) is 3. The minimum Gasteiger partial charge on any atom is -0.317 e. The monoisotopic (exact) mass is 289 g/mol. The highest BCUT2D eigenvalue weighted by atomic mass is 32.2. The maximum Gasteiger partial charge on any atom is 0.147 e. The van der Waals surface area contributed by atoms with Gasteiger partial charge in [-0.15, -0.1) is 0 Å². The molecule has 1 aliphatic carbocycles. The molecule has 1 N–H and O–H groups in total. The van der Waals surface area contributed by atoms with Crippen LogP contribution in [0.25, 0.3) is 0 Å². The van der Waals surface area contributed by atoms with E-state index < -0.39 is 9.84 Å². The molecule has 0 radical (unpaired) electrons. The molecule has 0 amide bonds. The third-order valence-electron chi connectivity index (χ3n) is 4.64. The number of nitrogens with one attached hydrogen (secondary N) is 1. The number of sulfone groups is 1. The summed E-state index contributed by atoms with van der Waals surface area (Å²) in [6, 6.07) is 0. The zero-order valence-corrected chi connectivity index (χ0v) is 13.8. The van der Waals surface area contributed by atoms with E-state index in [1.807, 2.05) is 0 Å². The lowest BCUT2D eigenvalue weighted by Gasteiger charge is -2.38. The van der Waals surface area contributed by atoms with Gasteiger partial charge in [0.25, 0.3) is 0 Å². The molecular weight excluding hydrogens is 258 g/mol. The summed E-state index contributed by atoms with van der Waals surface area (Å²) in [4.78, 5) is 0. The van der Waals surface area contributed by atoms with Crippen LogP contribution in [-0.4, -0.2) is 33.5 Å². The summed E-state index contributed by atoms with van der Waals surface area (Å²) in [5.41, 5.74) is 0. The Morgan fingerprint density at radius 3 is 2.42 bits per heavy atom. The first kappa shape index (κ1) is 17.0. The van der Waals surface area contributed by atoms with Gasteiger partial charge in [0.05, 0.1) is 5.75 Å². The van der Waals surface area contributed by atoms with Crippen LogP contribution in [-0.2, 0) is 9.84 Å².